The van der Waals surface area contributed by atoms with Crippen molar-refractivity contribution in [3.8, 4) is 0 Å². The van der Waals surface area contributed by atoms with Gasteiger partial charge in [-0.1, -0.05) is 6.92 Å². The van der Waals surface area contributed by atoms with Crippen molar-refractivity contribution in [1.29, 1.82) is 0 Å². The number of thiazole rings is 1. The highest BCUT2D eigenvalue weighted by Gasteiger charge is 2.19. The van der Waals surface area contributed by atoms with Gasteiger partial charge in [-0.3, -0.25) is 4.68 Å². The molecule has 0 aliphatic rings. The number of aliphatic hydroxyl groups excluding tert-OH is 1. The van der Waals surface area contributed by atoms with Crippen LogP contribution in [0, 0.1) is 6.92 Å². The molecular formula is C12H16BrN3OS. The third kappa shape index (κ3) is 2.99. The Morgan fingerprint density at radius 2 is 2.33 bits per heavy atom. The average molecular weight is 330 g/mol. The van der Waals surface area contributed by atoms with E-state index >= 15 is 0 Å². The molecule has 0 radical (unpaired) electrons. The maximum atomic E-state index is 10.3. The van der Waals surface area contributed by atoms with E-state index in [2.05, 4.69) is 32.9 Å². The number of halogens is 1. The number of rotatable bonds is 5. The molecule has 1 unspecified atom stereocenters. The molecule has 98 valence electrons. The molecule has 2 rings (SSSR count). The van der Waals surface area contributed by atoms with Gasteiger partial charge in [0.15, 0.2) is 0 Å². The van der Waals surface area contributed by atoms with E-state index in [-0.39, 0.29) is 0 Å². The lowest BCUT2D eigenvalue weighted by Crippen LogP contribution is -2.11. The van der Waals surface area contributed by atoms with Crippen molar-refractivity contribution in [2.45, 2.75) is 39.3 Å². The first-order valence-corrected chi connectivity index (χ1v) is 7.59. The fourth-order valence-corrected chi connectivity index (χ4v) is 3.22. The molecule has 1 atom stereocenters. The Balaban J connectivity index is 2.17. The minimum atomic E-state index is -0.570. The normalized spacial score (nSPS) is 12.9. The molecule has 2 heterocycles. The van der Waals surface area contributed by atoms with Gasteiger partial charge in [0.2, 0.25) is 0 Å². The van der Waals surface area contributed by atoms with E-state index in [9.17, 15) is 5.11 Å². The van der Waals surface area contributed by atoms with Gasteiger partial charge < -0.3 is 5.11 Å². The molecule has 2 aromatic heterocycles. The van der Waals surface area contributed by atoms with Gasteiger partial charge in [-0.2, -0.15) is 5.10 Å². The van der Waals surface area contributed by atoms with Crippen molar-refractivity contribution in [2.24, 2.45) is 0 Å². The quantitative estimate of drug-likeness (QED) is 0.916. The summed E-state index contributed by atoms with van der Waals surface area (Å²) in [5, 5.41) is 17.6. The molecule has 0 aliphatic carbocycles. The Hall–Kier alpha value is -0.720. The van der Waals surface area contributed by atoms with Gasteiger partial charge in [-0.15, -0.1) is 11.3 Å². The zero-order chi connectivity index (χ0) is 13.1. The number of hydrogen-bond donors (Lipinski definition) is 1. The monoisotopic (exact) mass is 329 g/mol. The van der Waals surface area contributed by atoms with Gasteiger partial charge >= 0.3 is 0 Å². The van der Waals surface area contributed by atoms with Crippen LogP contribution in [0.4, 0.5) is 0 Å². The summed E-state index contributed by atoms with van der Waals surface area (Å²) in [4.78, 5) is 4.38. The summed E-state index contributed by atoms with van der Waals surface area (Å²) in [6, 6.07) is 0. The molecule has 2 aromatic rings. The van der Waals surface area contributed by atoms with Gasteiger partial charge in [0.05, 0.1) is 21.4 Å². The lowest BCUT2D eigenvalue weighted by Gasteiger charge is -2.12. The largest absolute Gasteiger partial charge is 0.386 e. The van der Waals surface area contributed by atoms with Crippen LogP contribution < -0.4 is 0 Å². The van der Waals surface area contributed by atoms with Gasteiger partial charge in [0, 0.05) is 24.0 Å². The van der Waals surface area contributed by atoms with Gasteiger partial charge in [0.25, 0.3) is 0 Å². The number of nitrogens with zero attached hydrogens (tertiary/aromatic N) is 3. The molecule has 6 heteroatoms. The lowest BCUT2D eigenvalue weighted by atomic mass is 10.2. The first kappa shape index (κ1) is 13.7. The maximum Gasteiger partial charge on any atom is 0.103 e. The Kier molecular flexibility index (Phi) is 4.53. The highest BCUT2D eigenvalue weighted by atomic mass is 79.9. The summed E-state index contributed by atoms with van der Waals surface area (Å²) in [6.07, 6.45) is 2.69. The third-order valence-corrected chi connectivity index (χ3v) is 4.22. The van der Waals surface area contributed by atoms with E-state index in [1.807, 2.05) is 17.0 Å². The first-order chi connectivity index (χ1) is 8.61. The zero-order valence-corrected chi connectivity index (χ0v) is 12.8. The topological polar surface area (TPSA) is 50.9 Å². The van der Waals surface area contributed by atoms with Crippen molar-refractivity contribution >= 4 is 27.3 Å². The third-order valence-electron chi connectivity index (χ3n) is 2.62. The standard InChI is InChI=1S/C12H16BrN3OS/c1-3-4-16-12(9(13)6-14-16)10(17)5-11-15-8(2)7-18-11/h6-7,10,17H,3-5H2,1-2H3. The van der Waals surface area contributed by atoms with Gasteiger partial charge in [-0.25, -0.2) is 4.98 Å². The molecule has 0 bridgehead atoms. The fraction of sp³-hybridized carbons (Fsp3) is 0.500. The second kappa shape index (κ2) is 5.95. The Labute approximate surface area is 119 Å². The second-order valence-electron chi connectivity index (χ2n) is 4.20. The number of aryl methyl sites for hydroxylation is 2. The Morgan fingerprint density at radius 1 is 1.56 bits per heavy atom. The molecule has 1 N–H and O–H groups in total. The van der Waals surface area contributed by atoms with E-state index in [0.29, 0.717) is 6.42 Å². The van der Waals surface area contributed by atoms with Crippen LogP contribution in [-0.2, 0) is 13.0 Å². The summed E-state index contributed by atoms with van der Waals surface area (Å²) in [7, 11) is 0. The smallest absolute Gasteiger partial charge is 0.103 e. The second-order valence-corrected chi connectivity index (χ2v) is 6.00. The highest BCUT2D eigenvalue weighted by Crippen LogP contribution is 2.27. The summed E-state index contributed by atoms with van der Waals surface area (Å²) in [5.74, 6) is 0. The first-order valence-electron chi connectivity index (χ1n) is 5.92. The number of aromatic nitrogens is 3. The summed E-state index contributed by atoms with van der Waals surface area (Å²) < 4.78 is 2.71. The zero-order valence-electron chi connectivity index (χ0n) is 10.4. The van der Waals surface area contributed by atoms with Crippen LogP contribution in [-0.4, -0.2) is 19.9 Å². The summed E-state index contributed by atoms with van der Waals surface area (Å²) >= 11 is 5.03. The number of hydrogen-bond acceptors (Lipinski definition) is 4. The predicted octanol–water partition coefficient (Wildman–Crippen LogP) is 3.10. The molecule has 0 aromatic carbocycles. The van der Waals surface area contributed by atoms with E-state index in [1.165, 1.54) is 0 Å². The SMILES string of the molecule is CCCn1ncc(Br)c1C(O)Cc1nc(C)cs1. The van der Waals surface area contributed by atoms with Gasteiger partial charge in [0.1, 0.15) is 6.10 Å². The highest BCUT2D eigenvalue weighted by molar-refractivity contribution is 9.10. The minimum absolute atomic E-state index is 0.534. The molecular weight excluding hydrogens is 314 g/mol. The van der Waals surface area contributed by atoms with E-state index < -0.39 is 6.10 Å². The van der Waals surface area contributed by atoms with Crippen molar-refractivity contribution in [2.75, 3.05) is 0 Å². The van der Waals surface area contributed by atoms with Crippen LogP contribution in [0.25, 0.3) is 0 Å². The Morgan fingerprint density at radius 3 is 2.94 bits per heavy atom. The minimum Gasteiger partial charge on any atom is -0.386 e. The predicted molar refractivity (Wildman–Crippen MR) is 75.7 cm³/mol. The van der Waals surface area contributed by atoms with Gasteiger partial charge in [-0.05, 0) is 29.3 Å². The molecule has 0 amide bonds. The molecule has 4 nitrogen and oxygen atoms in total. The van der Waals surface area contributed by atoms with Crippen LogP contribution in [0.15, 0.2) is 16.0 Å². The lowest BCUT2D eigenvalue weighted by molar-refractivity contribution is 0.165. The molecule has 0 aliphatic heterocycles. The molecule has 0 saturated heterocycles. The van der Waals surface area contributed by atoms with Crippen LogP contribution >= 0.6 is 27.3 Å². The van der Waals surface area contributed by atoms with Crippen LogP contribution in [0.3, 0.4) is 0 Å². The summed E-state index contributed by atoms with van der Waals surface area (Å²) in [5.41, 5.74) is 1.84. The van der Waals surface area contributed by atoms with Crippen molar-refractivity contribution in [3.63, 3.8) is 0 Å². The van der Waals surface area contributed by atoms with Crippen molar-refractivity contribution < 1.29 is 5.11 Å². The van der Waals surface area contributed by atoms with E-state index in [1.54, 1.807) is 17.5 Å². The molecule has 0 fully saturated rings. The van der Waals surface area contributed by atoms with E-state index in [0.717, 1.165) is 33.8 Å². The van der Waals surface area contributed by atoms with E-state index in [4.69, 9.17) is 0 Å². The van der Waals surface area contributed by atoms with Crippen LogP contribution in [0.2, 0.25) is 0 Å². The molecule has 0 saturated carbocycles. The fourth-order valence-electron chi connectivity index (χ4n) is 1.85. The van der Waals surface area contributed by atoms with Crippen molar-refractivity contribution in [1.82, 2.24) is 14.8 Å². The van der Waals surface area contributed by atoms with Crippen LogP contribution in [0.1, 0.15) is 35.8 Å². The molecule has 18 heavy (non-hydrogen) atoms. The average Bonchev–Trinajstić information content (AvgIpc) is 2.86. The molecule has 0 spiro atoms. The van der Waals surface area contributed by atoms with Crippen LogP contribution in [0.5, 0.6) is 0 Å². The number of aliphatic hydroxyl groups is 1. The maximum absolute atomic E-state index is 10.3. The van der Waals surface area contributed by atoms with Crippen molar-refractivity contribution in [3.05, 3.63) is 32.4 Å². The summed E-state index contributed by atoms with van der Waals surface area (Å²) in [6.45, 7) is 4.87. The Bertz CT molecular complexity index is 523.